The number of benzene rings is 2. The average Bonchev–Trinajstić information content (AvgIpc) is 2.70. The molecule has 164 valence electrons. The zero-order chi connectivity index (χ0) is 23.0. The maximum Gasteiger partial charge on any atom is 0.341 e. The Morgan fingerprint density at radius 3 is 2.55 bits per heavy atom. The second kappa shape index (κ2) is 11.3. The molecule has 0 fully saturated rings. The van der Waals surface area contributed by atoms with E-state index in [4.69, 9.17) is 33.0 Å². The first-order chi connectivity index (χ1) is 14.7. The van der Waals surface area contributed by atoms with Crippen molar-refractivity contribution in [2.75, 3.05) is 6.61 Å². The van der Waals surface area contributed by atoms with Gasteiger partial charge in [0.2, 0.25) is 0 Å². The number of carboxylic acid groups (broad SMARTS) is 1. The topological polar surface area (TPSA) is 117 Å². The van der Waals surface area contributed by atoms with Gasteiger partial charge in [-0.1, -0.05) is 49.2 Å². The second-order valence-corrected chi connectivity index (χ2v) is 7.65. The Hall–Kier alpha value is -3.10. The number of ether oxygens (including phenoxy) is 1. The Bertz CT molecular complexity index is 995. The molecule has 0 radical (unpaired) electrons. The highest BCUT2D eigenvalue weighted by molar-refractivity contribution is 6.36. The van der Waals surface area contributed by atoms with Gasteiger partial charge in [0.15, 0.2) is 6.61 Å². The minimum atomic E-state index is -1.09. The van der Waals surface area contributed by atoms with E-state index in [9.17, 15) is 14.4 Å². The fourth-order valence-electron chi connectivity index (χ4n) is 2.50. The van der Waals surface area contributed by atoms with Crippen LogP contribution in [0.2, 0.25) is 10.0 Å². The Balaban J connectivity index is 2.01. The Kier molecular flexibility index (Phi) is 8.84. The van der Waals surface area contributed by atoms with E-state index in [1.165, 1.54) is 24.4 Å². The minimum absolute atomic E-state index is 0.177. The van der Waals surface area contributed by atoms with Crippen molar-refractivity contribution in [3.8, 4) is 5.75 Å². The van der Waals surface area contributed by atoms with Crippen molar-refractivity contribution in [2.24, 2.45) is 11.0 Å². The number of carbonyl (C=O) groups excluding carboxylic acids is 2. The molecule has 3 N–H and O–H groups in total. The lowest BCUT2D eigenvalue weighted by molar-refractivity contribution is -0.139. The van der Waals surface area contributed by atoms with Crippen molar-refractivity contribution in [1.29, 1.82) is 0 Å². The van der Waals surface area contributed by atoms with Crippen LogP contribution in [-0.4, -0.2) is 41.8 Å². The third-order valence-electron chi connectivity index (χ3n) is 4.02. The molecule has 10 heteroatoms. The zero-order valence-electron chi connectivity index (χ0n) is 16.8. The number of carboxylic acids is 1. The highest BCUT2D eigenvalue weighted by Crippen LogP contribution is 2.21. The molecule has 0 aromatic heterocycles. The summed E-state index contributed by atoms with van der Waals surface area (Å²) in [6, 6.07) is 10.1. The highest BCUT2D eigenvalue weighted by Gasteiger charge is 2.25. The summed E-state index contributed by atoms with van der Waals surface area (Å²) in [5.41, 5.74) is 3.17. The summed E-state index contributed by atoms with van der Waals surface area (Å²) in [5.74, 6) is -1.98. The molecule has 31 heavy (non-hydrogen) atoms. The lowest BCUT2D eigenvalue weighted by atomic mass is 10.0. The number of hydrazone groups is 1. The first-order valence-electron chi connectivity index (χ1n) is 9.21. The van der Waals surface area contributed by atoms with Crippen LogP contribution in [0.25, 0.3) is 0 Å². The van der Waals surface area contributed by atoms with E-state index in [0.29, 0.717) is 16.3 Å². The van der Waals surface area contributed by atoms with Gasteiger partial charge >= 0.3 is 5.97 Å². The summed E-state index contributed by atoms with van der Waals surface area (Å²) in [6.45, 7) is 3.09. The molecule has 0 saturated carbocycles. The summed E-state index contributed by atoms with van der Waals surface area (Å²) < 4.78 is 5.09. The molecule has 2 aromatic rings. The maximum atomic E-state index is 12.5. The quantitative estimate of drug-likeness (QED) is 0.387. The molecule has 0 aliphatic rings. The smallest absolute Gasteiger partial charge is 0.341 e. The van der Waals surface area contributed by atoms with Gasteiger partial charge in [0.05, 0.1) is 16.8 Å². The van der Waals surface area contributed by atoms with E-state index >= 15 is 0 Å². The van der Waals surface area contributed by atoms with E-state index < -0.39 is 30.4 Å². The Labute approximate surface area is 189 Å². The molecule has 1 unspecified atom stereocenters. The number of rotatable bonds is 9. The molecule has 0 spiro atoms. The normalized spacial score (nSPS) is 11.9. The van der Waals surface area contributed by atoms with Crippen LogP contribution < -0.4 is 15.5 Å². The van der Waals surface area contributed by atoms with Crippen molar-refractivity contribution in [3.63, 3.8) is 0 Å². The van der Waals surface area contributed by atoms with E-state index in [2.05, 4.69) is 15.8 Å². The number of nitrogens with zero attached hydrogens (tertiary/aromatic N) is 1. The molecule has 1 atom stereocenters. The summed E-state index contributed by atoms with van der Waals surface area (Å²) in [7, 11) is 0. The van der Waals surface area contributed by atoms with Crippen LogP contribution in [0.4, 0.5) is 0 Å². The van der Waals surface area contributed by atoms with Gasteiger partial charge in [-0.15, -0.1) is 0 Å². The summed E-state index contributed by atoms with van der Waals surface area (Å²) in [5, 5.41) is 15.8. The van der Waals surface area contributed by atoms with Gasteiger partial charge in [-0.2, -0.15) is 5.10 Å². The molecule has 0 saturated heterocycles. The fraction of sp³-hybridized carbons (Fsp3) is 0.238. The van der Waals surface area contributed by atoms with Gasteiger partial charge < -0.3 is 15.2 Å². The van der Waals surface area contributed by atoms with Crippen molar-refractivity contribution in [3.05, 3.63) is 63.6 Å². The maximum absolute atomic E-state index is 12.5. The van der Waals surface area contributed by atoms with Crippen molar-refractivity contribution in [1.82, 2.24) is 10.7 Å². The third-order valence-corrected chi connectivity index (χ3v) is 4.57. The van der Waals surface area contributed by atoms with Crippen LogP contribution in [0.15, 0.2) is 47.6 Å². The van der Waals surface area contributed by atoms with Gasteiger partial charge in [0.1, 0.15) is 11.8 Å². The molecule has 2 amide bonds. The minimum Gasteiger partial charge on any atom is -0.482 e. The van der Waals surface area contributed by atoms with Gasteiger partial charge in [-0.05, 0) is 41.8 Å². The predicted octanol–water partition coefficient (Wildman–Crippen LogP) is 3.36. The Morgan fingerprint density at radius 1 is 1.16 bits per heavy atom. The standard InChI is InChI=1S/C21H21Cl2N3O5/c1-12(2)19(25-20(29)16-7-6-14(22)9-17(16)23)21(30)26-24-10-13-4-3-5-15(8-13)31-11-18(27)28/h3-10,12,19H,11H2,1-2H3,(H,25,29)(H,26,30)(H,27,28)/b24-10+. The van der Waals surface area contributed by atoms with Gasteiger partial charge in [0, 0.05) is 5.02 Å². The molecular formula is C21H21Cl2N3O5. The highest BCUT2D eigenvalue weighted by atomic mass is 35.5. The molecule has 0 aliphatic heterocycles. The number of hydrogen-bond acceptors (Lipinski definition) is 5. The van der Waals surface area contributed by atoms with Crippen molar-refractivity contribution in [2.45, 2.75) is 19.9 Å². The van der Waals surface area contributed by atoms with E-state index in [-0.39, 0.29) is 16.5 Å². The lowest BCUT2D eigenvalue weighted by Gasteiger charge is -2.20. The number of hydrogen-bond donors (Lipinski definition) is 3. The number of aliphatic carboxylic acids is 1. The van der Waals surface area contributed by atoms with Crippen LogP contribution in [0.1, 0.15) is 29.8 Å². The fourth-order valence-corrected chi connectivity index (χ4v) is 2.99. The average molecular weight is 466 g/mol. The van der Waals surface area contributed by atoms with E-state index in [1.807, 2.05) is 0 Å². The summed E-state index contributed by atoms with van der Waals surface area (Å²) >= 11 is 11.9. The van der Waals surface area contributed by atoms with Crippen LogP contribution in [0, 0.1) is 5.92 Å². The molecule has 2 rings (SSSR count). The molecule has 0 heterocycles. The monoisotopic (exact) mass is 465 g/mol. The van der Waals surface area contributed by atoms with Crippen molar-refractivity contribution < 1.29 is 24.2 Å². The molecule has 0 bridgehead atoms. The Morgan fingerprint density at radius 2 is 1.90 bits per heavy atom. The van der Waals surface area contributed by atoms with Gasteiger partial charge in [-0.25, -0.2) is 10.2 Å². The largest absolute Gasteiger partial charge is 0.482 e. The molecule has 2 aromatic carbocycles. The number of amides is 2. The second-order valence-electron chi connectivity index (χ2n) is 6.81. The van der Waals surface area contributed by atoms with E-state index in [0.717, 1.165) is 0 Å². The van der Waals surface area contributed by atoms with Crippen LogP contribution in [0.3, 0.4) is 0 Å². The number of nitrogens with one attached hydrogen (secondary N) is 2. The molecule has 8 nitrogen and oxygen atoms in total. The third kappa shape index (κ3) is 7.58. The van der Waals surface area contributed by atoms with Gasteiger partial charge in [-0.3, -0.25) is 9.59 Å². The SMILES string of the molecule is CC(C)C(NC(=O)c1ccc(Cl)cc1Cl)C(=O)N/N=C/c1cccc(OCC(=O)O)c1. The summed E-state index contributed by atoms with van der Waals surface area (Å²) in [4.78, 5) is 35.6. The zero-order valence-corrected chi connectivity index (χ0v) is 18.3. The lowest BCUT2D eigenvalue weighted by Crippen LogP contribution is -2.48. The van der Waals surface area contributed by atoms with Crippen LogP contribution >= 0.6 is 23.2 Å². The number of halogens is 2. The first kappa shape index (κ1) is 24.2. The first-order valence-corrected chi connectivity index (χ1v) is 9.96. The summed E-state index contributed by atoms with van der Waals surface area (Å²) in [6.07, 6.45) is 1.38. The molecular weight excluding hydrogens is 445 g/mol. The van der Waals surface area contributed by atoms with Gasteiger partial charge in [0.25, 0.3) is 11.8 Å². The molecule has 0 aliphatic carbocycles. The number of carbonyl (C=O) groups is 3. The van der Waals surface area contributed by atoms with Crippen LogP contribution in [0.5, 0.6) is 5.75 Å². The van der Waals surface area contributed by atoms with Crippen molar-refractivity contribution >= 4 is 47.2 Å². The predicted molar refractivity (Wildman–Crippen MR) is 118 cm³/mol. The van der Waals surface area contributed by atoms with E-state index in [1.54, 1.807) is 38.1 Å². The van der Waals surface area contributed by atoms with Crippen LogP contribution in [-0.2, 0) is 9.59 Å².